The van der Waals surface area contributed by atoms with Gasteiger partial charge in [-0.2, -0.15) is 4.31 Å². The lowest BCUT2D eigenvalue weighted by Gasteiger charge is -2.18. The molecular weight excluding hydrogens is 459 g/mol. The molecule has 0 spiro atoms. The molecule has 11 heteroatoms. The SMILES string of the molecule is CCN(CC)S(=O)(=O)c1ccc(Nc2ncnc(Nc3ccc(Cl)cc3Cl)c2N)cc1. The van der Waals surface area contributed by atoms with Crippen LogP contribution in [0.15, 0.2) is 53.7 Å². The first-order valence-electron chi connectivity index (χ1n) is 9.46. The van der Waals surface area contributed by atoms with E-state index in [0.717, 1.165) is 0 Å². The fourth-order valence-corrected chi connectivity index (χ4v) is 4.79. The zero-order valence-corrected chi connectivity index (χ0v) is 19.3. The molecule has 31 heavy (non-hydrogen) atoms. The van der Waals surface area contributed by atoms with Gasteiger partial charge in [-0.1, -0.05) is 37.0 Å². The maximum atomic E-state index is 12.6. The Hall–Kier alpha value is -2.59. The van der Waals surface area contributed by atoms with Crippen molar-refractivity contribution in [3.05, 3.63) is 58.8 Å². The normalized spacial score (nSPS) is 11.5. The highest BCUT2D eigenvalue weighted by molar-refractivity contribution is 7.89. The third-order valence-electron chi connectivity index (χ3n) is 4.53. The van der Waals surface area contributed by atoms with Gasteiger partial charge in [0.05, 0.1) is 15.6 Å². The van der Waals surface area contributed by atoms with Gasteiger partial charge in [-0.25, -0.2) is 18.4 Å². The summed E-state index contributed by atoms with van der Waals surface area (Å²) >= 11 is 12.1. The minimum Gasteiger partial charge on any atom is -0.393 e. The van der Waals surface area contributed by atoms with Gasteiger partial charge in [0.1, 0.15) is 12.0 Å². The van der Waals surface area contributed by atoms with Gasteiger partial charge < -0.3 is 16.4 Å². The van der Waals surface area contributed by atoms with Crippen LogP contribution in [0.5, 0.6) is 0 Å². The molecule has 0 aliphatic carbocycles. The number of nitrogens with two attached hydrogens (primary N) is 1. The molecule has 3 aromatic rings. The number of halogens is 2. The highest BCUT2D eigenvalue weighted by Crippen LogP contribution is 2.32. The van der Waals surface area contributed by atoms with Gasteiger partial charge in [-0.05, 0) is 42.5 Å². The average Bonchev–Trinajstić information content (AvgIpc) is 2.74. The van der Waals surface area contributed by atoms with E-state index in [4.69, 9.17) is 28.9 Å². The predicted octanol–water partition coefficient (Wildman–Crippen LogP) is 4.88. The number of anilines is 5. The molecule has 0 aliphatic heterocycles. The summed E-state index contributed by atoms with van der Waals surface area (Å²) in [6.45, 7) is 4.42. The van der Waals surface area contributed by atoms with Crippen LogP contribution < -0.4 is 16.4 Å². The highest BCUT2D eigenvalue weighted by atomic mass is 35.5. The molecule has 1 aromatic heterocycles. The number of nitrogens with one attached hydrogen (secondary N) is 2. The Labute approximate surface area is 191 Å². The van der Waals surface area contributed by atoms with E-state index >= 15 is 0 Å². The Morgan fingerprint density at radius 3 is 2.16 bits per heavy atom. The molecule has 164 valence electrons. The highest BCUT2D eigenvalue weighted by Gasteiger charge is 2.21. The zero-order valence-electron chi connectivity index (χ0n) is 16.9. The summed E-state index contributed by atoms with van der Waals surface area (Å²) < 4.78 is 26.6. The smallest absolute Gasteiger partial charge is 0.243 e. The molecule has 0 aliphatic rings. The molecule has 0 saturated carbocycles. The van der Waals surface area contributed by atoms with Crippen LogP contribution in [0.1, 0.15) is 13.8 Å². The van der Waals surface area contributed by atoms with Gasteiger partial charge in [-0.3, -0.25) is 0 Å². The van der Waals surface area contributed by atoms with Crippen LogP contribution in [0.4, 0.5) is 28.7 Å². The van der Waals surface area contributed by atoms with Crippen LogP contribution in [0, 0.1) is 0 Å². The quantitative estimate of drug-likeness (QED) is 0.420. The van der Waals surface area contributed by atoms with Crippen LogP contribution in [-0.2, 0) is 10.0 Å². The minimum absolute atomic E-state index is 0.220. The number of hydrogen-bond acceptors (Lipinski definition) is 7. The first-order valence-corrected chi connectivity index (χ1v) is 11.7. The molecule has 0 bridgehead atoms. The van der Waals surface area contributed by atoms with E-state index in [-0.39, 0.29) is 10.6 Å². The second-order valence-corrected chi connectivity index (χ2v) is 9.25. The topological polar surface area (TPSA) is 113 Å². The molecule has 0 atom stereocenters. The van der Waals surface area contributed by atoms with Crippen molar-refractivity contribution in [3.8, 4) is 0 Å². The first-order chi connectivity index (χ1) is 14.8. The molecule has 0 radical (unpaired) electrons. The van der Waals surface area contributed by atoms with Crippen molar-refractivity contribution in [2.45, 2.75) is 18.7 Å². The third kappa shape index (κ3) is 5.19. The minimum atomic E-state index is -3.52. The summed E-state index contributed by atoms with van der Waals surface area (Å²) in [6.07, 6.45) is 1.35. The Morgan fingerprint density at radius 1 is 0.968 bits per heavy atom. The van der Waals surface area contributed by atoms with Gasteiger partial charge in [0, 0.05) is 23.8 Å². The lowest BCUT2D eigenvalue weighted by Crippen LogP contribution is -2.30. The van der Waals surface area contributed by atoms with Gasteiger partial charge in [0.2, 0.25) is 10.0 Å². The summed E-state index contributed by atoms with van der Waals surface area (Å²) in [7, 11) is -3.52. The van der Waals surface area contributed by atoms with Crippen LogP contribution in [0.2, 0.25) is 10.0 Å². The molecule has 8 nitrogen and oxygen atoms in total. The second kappa shape index (κ2) is 9.69. The predicted molar refractivity (Wildman–Crippen MR) is 126 cm³/mol. The summed E-state index contributed by atoms with van der Waals surface area (Å²) in [5, 5.41) is 7.07. The number of rotatable bonds is 8. The van der Waals surface area contributed by atoms with Crippen LogP contribution in [0.3, 0.4) is 0 Å². The van der Waals surface area contributed by atoms with E-state index in [2.05, 4.69) is 20.6 Å². The summed E-state index contributed by atoms with van der Waals surface area (Å²) in [5.41, 5.74) is 7.70. The van der Waals surface area contributed by atoms with Crippen LogP contribution >= 0.6 is 23.2 Å². The lowest BCUT2D eigenvalue weighted by molar-refractivity contribution is 0.445. The van der Waals surface area contributed by atoms with E-state index < -0.39 is 10.0 Å². The van der Waals surface area contributed by atoms with Crippen molar-refractivity contribution in [2.75, 3.05) is 29.5 Å². The van der Waals surface area contributed by atoms with Crippen molar-refractivity contribution in [1.82, 2.24) is 14.3 Å². The number of aromatic nitrogens is 2. The second-order valence-electron chi connectivity index (χ2n) is 6.47. The third-order valence-corrected chi connectivity index (χ3v) is 7.14. The Balaban J connectivity index is 1.81. The number of benzene rings is 2. The van der Waals surface area contributed by atoms with E-state index in [9.17, 15) is 8.42 Å². The molecule has 2 aromatic carbocycles. The van der Waals surface area contributed by atoms with Crippen molar-refractivity contribution >= 4 is 61.9 Å². The van der Waals surface area contributed by atoms with E-state index in [1.807, 2.05) is 0 Å². The van der Waals surface area contributed by atoms with E-state index in [1.165, 1.54) is 10.6 Å². The zero-order chi connectivity index (χ0) is 22.6. The molecule has 0 unspecified atom stereocenters. The Kier molecular flexibility index (Phi) is 7.22. The molecule has 3 rings (SSSR count). The Bertz CT molecular complexity index is 1170. The fraction of sp³-hybridized carbons (Fsp3) is 0.200. The number of nitrogens with zero attached hydrogens (tertiary/aromatic N) is 3. The number of nitrogen functional groups attached to an aromatic ring is 1. The van der Waals surface area contributed by atoms with Crippen molar-refractivity contribution < 1.29 is 8.42 Å². The van der Waals surface area contributed by atoms with Gasteiger partial charge in [-0.15, -0.1) is 0 Å². The summed E-state index contributed by atoms with van der Waals surface area (Å²) in [6, 6.07) is 11.4. The fourth-order valence-electron chi connectivity index (χ4n) is 2.87. The number of hydrogen-bond donors (Lipinski definition) is 3. The maximum Gasteiger partial charge on any atom is 0.243 e. The van der Waals surface area contributed by atoms with Gasteiger partial charge in [0.15, 0.2) is 11.6 Å². The summed E-state index contributed by atoms with van der Waals surface area (Å²) in [4.78, 5) is 8.55. The molecular formula is C20H22Cl2N6O2S. The number of sulfonamides is 1. The van der Waals surface area contributed by atoms with Gasteiger partial charge >= 0.3 is 0 Å². The standard InChI is InChI=1S/C20H22Cl2N6O2S/c1-3-28(4-2)31(29,30)15-8-6-14(7-9-15)26-19-18(23)20(25-12-24-19)27-17-10-5-13(21)11-16(17)22/h5-12H,3-4,23H2,1-2H3,(H2,24,25,26,27). The molecule has 4 N–H and O–H groups in total. The monoisotopic (exact) mass is 480 g/mol. The van der Waals surface area contributed by atoms with Crippen molar-refractivity contribution in [2.24, 2.45) is 0 Å². The largest absolute Gasteiger partial charge is 0.393 e. The van der Waals surface area contributed by atoms with Crippen molar-refractivity contribution in [1.29, 1.82) is 0 Å². The van der Waals surface area contributed by atoms with E-state index in [1.54, 1.807) is 56.3 Å². The maximum absolute atomic E-state index is 12.6. The van der Waals surface area contributed by atoms with E-state index in [0.29, 0.717) is 46.1 Å². The first kappa shape index (κ1) is 23.1. The lowest BCUT2D eigenvalue weighted by atomic mass is 10.3. The average molecular weight is 481 g/mol. The Morgan fingerprint density at radius 2 is 1.58 bits per heavy atom. The van der Waals surface area contributed by atoms with Crippen molar-refractivity contribution in [3.63, 3.8) is 0 Å². The van der Waals surface area contributed by atoms with Crippen LogP contribution in [0.25, 0.3) is 0 Å². The molecule has 0 amide bonds. The molecule has 0 fully saturated rings. The molecule has 0 saturated heterocycles. The van der Waals surface area contributed by atoms with Gasteiger partial charge in [0.25, 0.3) is 0 Å². The van der Waals surface area contributed by atoms with Crippen LogP contribution in [-0.4, -0.2) is 35.8 Å². The summed E-state index contributed by atoms with van der Waals surface area (Å²) in [5.74, 6) is 0.726. The molecule has 1 heterocycles.